The van der Waals surface area contributed by atoms with Gasteiger partial charge in [0.1, 0.15) is 16.7 Å². The summed E-state index contributed by atoms with van der Waals surface area (Å²) in [4.78, 5) is 22.4. The van der Waals surface area contributed by atoms with Gasteiger partial charge >= 0.3 is 0 Å². The Morgan fingerprint density at radius 1 is 1.38 bits per heavy atom. The molecule has 0 spiro atoms. The number of hydrogen-bond acceptors (Lipinski definition) is 6. The molecule has 1 aromatic rings. The van der Waals surface area contributed by atoms with Crippen LogP contribution in [0.4, 0.5) is 5.69 Å². The number of ether oxygens (including phenoxy) is 1. The van der Waals surface area contributed by atoms with E-state index in [0.717, 1.165) is 6.07 Å². The predicted octanol–water partition coefficient (Wildman–Crippen LogP) is 0.105. The second-order valence-electron chi connectivity index (χ2n) is 4.37. The maximum atomic E-state index is 11.7. The minimum absolute atomic E-state index is 0.0114. The molecule has 0 saturated carbocycles. The molecule has 0 heterocycles. The van der Waals surface area contributed by atoms with Crippen molar-refractivity contribution in [3.8, 4) is 5.75 Å². The number of rotatable bonds is 5. The van der Waals surface area contributed by atoms with Gasteiger partial charge in [-0.2, -0.15) is 8.42 Å². The molecule has 1 amide bonds. The van der Waals surface area contributed by atoms with E-state index in [4.69, 9.17) is 15.0 Å². The third-order valence-corrected chi connectivity index (χ3v) is 3.75. The first kappa shape index (κ1) is 17.1. The van der Waals surface area contributed by atoms with Crippen molar-refractivity contribution in [2.45, 2.75) is 24.8 Å². The summed E-state index contributed by atoms with van der Waals surface area (Å²) < 4.78 is 36.5. The molecule has 1 unspecified atom stereocenters. The zero-order valence-electron chi connectivity index (χ0n) is 11.7. The molecule has 0 aliphatic rings. The van der Waals surface area contributed by atoms with Gasteiger partial charge in [-0.3, -0.25) is 14.1 Å². The second-order valence-corrected chi connectivity index (χ2v) is 5.76. The van der Waals surface area contributed by atoms with E-state index < -0.39 is 27.9 Å². The minimum Gasteiger partial charge on any atom is -0.495 e. The third kappa shape index (κ3) is 4.00. The van der Waals surface area contributed by atoms with Crippen LogP contribution in [0.15, 0.2) is 17.0 Å². The van der Waals surface area contributed by atoms with Gasteiger partial charge in [0.05, 0.1) is 12.8 Å². The number of hydrogen-bond donors (Lipinski definition) is 3. The summed E-state index contributed by atoms with van der Waals surface area (Å²) in [5, 5.41) is 2.38. The van der Waals surface area contributed by atoms with Crippen molar-refractivity contribution in [3.63, 3.8) is 0 Å². The van der Waals surface area contributed by atoms with E-state index in [1.807, 2.05) is 0 Å². The third-order valence-electron chi connectivity index (χ3n) is 2.75. The van der Waals surface area contributed by atoms with Gasteiger partial charge in [-0.05, 0) is 25.5 Å². The molecular formula is C12H16N2O6S. The van der Waals surface area contributed by atoms with E-state index in [1.165, 1.54) is 27.0 Å². The topological polar surface area (TPSA) is 136 Å². The molecule has 9 heteroatoms. The molecule has 0 aliphatic heterocycles. The molecule has 0 radical (unpaired) electrons. The first-order valence-electron chi connectivity index (χ1n) is 5.81. The second kappa shape index (κ2) is 6.20. The molecule has 0 aromatic heterocycles. The molecule has 1 aromatic carbocycles. The summed E-state index contributed by atoms with van der Waals surface area (Å²) in [5.41, 5.74) is 5.74. The van der Waals surface area contributed by atoms with Crippen LogP contribution in [0.2, 0.25) is 0 Å². The smallest absolute Gasteiger partial charge is 0.294 e. The number of anilines is 1. The van der Waals surface area contributed by atoms with Gasteiger partial charge in [0.25, 0.3) is 10.1 Å². The molecule has 0 aliphatic carbocycles. The lowest BCUT2D eigenvalue weighted by Crippen LogP contribution is -2.41. The fourth-order valence-corrected chi connectivity index (χ4v) is 2.33. The van der Waals surface area contributed by atoms with Crippen LogP contribution in [-0.2, 0) is 19.7 Å². The average molecular weight is 316 g/mol. The molecule has 21 heavy (non-hydrogen) atoms. The molecule has 4 N–H and O–H groups in total. The predicted molar refractivity (Wildman–Crippen MR) is 74.8 cm³/mol. The molecule has 1 rings (SSSR count). The standard InChI is InChI=1S/C12H16N2O6S/c1-6-4-8(14-12(16)11(13)7(2)15)9(20-3)5-10(6)21(17,18)19/h4-5,11H,13H2,1-3H3,(H,14,16)(H,17,18,19). The first-order valence-corrected chi connectivity index (χ1v) is 7.25. The molecular weight excluding hydrogens is 300 g/mol. The van der Waals surface area contributed by atoms with E-state index in [1.54, 1.807) is 0 Å². The highest BCUT2D eigenvalue weighted by molar-refractivity contribution is 7.85. The zero-order valence-corrected chi connectivity index (χ0v) is 12.5. The maximum Gasteiger partial charge on any atom is 0.294 e. The Balaban J connectivity index is 3.24. The van der Waals surface area contributed by atoms with Crippen LogP contribution in [0.5, 0.6) is 5.75 Å². The van der Waals surface area contributed by atoms with Crippen molar-refractivity contribution in [2.75, 3.05) is 12.4 Å². The van der Waals surface area contributed by atoms with Gasteiger partial charge in [-0.1, -0.05) is 0 Å². The average Bonchev–Trinajstić information content (AvgIpc) is 2.36. The fourth-order valence-electron chi connectivity index (χ4n) is 1.61. The fraction of sp³-hybridized carbons (Fsp3) is 0.333. The first-order chi connectivity index (χ1) is 9.57. The van der Waals surface area contributed by atoms with E-state index in [0.29, 0.717) is 0 Å². The lowest BCUT2D eigenvalue weighted by Gasteiger charge is -2.15. The Morgan fingerprint density at radius 3 is 2.38 bits per heavy atom. The van der Waals surface area contributed by atoms with Crippen molar-refractivity contribution in [1.29, 1.82) is 0 Å². The summed E-state index contributed by atoms with van der Waals surface area (Å²) in [7, 11) is -3.15. The molecule has 0 saturated heterocycles. The summed E-state index contributed by atoms with van der Waals surface area (Å²) in [6.45, 7) is 2.61. The molecule has 8 nitrogen and oxygen atoms in total. The summed E-state index contributed by atoms with van der Waals surface area (Å²) in [6, 6.07) is 1.03. The number of nitrogens with one attached hydrogen (secondary N) is 1. The van der Waals surface area contributed by atoms with Crippen LogP contribution in [0.25, 0.3) is 0 Å². The van der Waals surface area contributed by atoms with E-state index in [9.17, 15) is 18.0 Å². The number of Topliss-reactive ketones (excluding diaryl/α,β-unsaturated/α-hetero) is 1. The highest BCUT2D eigenvalue weighted by Gasteiger charge is 2.22. The van der Waals surface area contributed by atoms with Gasteiger partial charge < -0.3 is 15.8 Å². The summed E-state index contributed by atoms with van der Waals surface area (Å²) >= 11 is 0. The highest BCUT2D eigenvalue weighted by Crippen LogP contribution is 2.30. The monoisotopic (exact) mass is 316 g/mol. The van der Waals surface area contributed by atoms with Crippen molar-refractivity contribution >= 4 is 27.5 Å². The van der Waals surface area contributed by atoms with E-state index >= 15 is 0 Å². The van der Waals surface area contributed by atoms with Crippen molar-refractivity contribution in [1.82, 2.24) is 0 Å². The summed E-state index contributed by atoms with van der Waals surface area (Å²) in [5.74, 6) is -1.25. The lowest BCUT2D eigenvalue weighted by atomic mass is 10.1. The molecule has 116 valence electrons. The number of methoxy groups -OCH3 is 1. The van der Waals surface area contributed by atoms with Gasteiger partial charge in [-0.25, -0.2) is 0 Å². The quantitative estimate of drug-likeness (QED) is 0.518. The number of amides is 1. The number of ketones is 1. The van der Waals surface area contributed by atoms with Crippen LogP contribution in [0.3, 0.4) is 0 Å². The van der Waals surface area contributed by atoms with E-state index in [-0.39, 0.29) is 21.9 Å². The van der Waals surface area contributed by atoms with Gasteiger partial charge in [0.2, 0.25) is 5.91 Å². The number of nitrogens with two attached hydrogens (primary N) is 1. The van der Waals surface area contributed by atoms with Crippen LogP contribution >= 0.6 is 0 Å². The van der Waals surface area contributed by atoms with Crippen LogP contribution in [-0.4, -0.2) is 37.8 Å². The zero-order chi connectivity index (χ0) is 16.4. The van der Waals surface area contributed by atoms with Gasteiger partial charge in [0.15, 0.2) is 5.78 Å². The number of aryl methyl sites for hydroxylation is 1. The van der Waals surface area contributed by atoms with Crippen LogP contribution in [0, 0.1) is 6.92 Å². The SMILES string of the molecule is COc1cc(S(=O)(=O)O)c(C)cc1NC(=O)C(N)C(C)=O. The number of benzene rings is 1. The lowest BCUT2D eigenvalue weighted by molar-refractivity contribution is -0.126. The van der Waals surface area contributed by atoms with Crippen LogP contribution < -0.4 is 15.8 Å². The van der Waals surface area contributed by atoms with Gasteiger partial charge in [-0.15, -0.1) is 0 Å². The van der Waals surface area contributed by atoms with Crippen molar-refractivity contribution in [3.05, 3.63) is 17.7 Å². The van der Waals surface area contributed by atoms with Crippen molar-refractivity contribution in [2.24, 2.45) is 5.73 Å². The highest BCUT2D eigenvalue weighted by atomic mass is 32.2. The Kier molecular flexibility index (Phi) is 5.05. The van der Waals surface area contributed by atoms with Crippen molar-refractivity contribution < 1.29 is 27.3 Å². The van der Waals surface area contributed by atoms with Crippen LogP contribution in [0.1, 0.15) is 12.5 Å². The molecule has 0 bridgehead atoms. The molecule has 1 atom stereocenters. The van der Waals surface area contributed by atoms with Gasteiger partial charge in [0, 0.05) is 6.07 Å². The Bertz CT molecular complexity index is 683. The van der Waals surface area contributed by atoms with E-state index in [2.05, 4.69) is 5.32 Å². The molecule has 0 fully saturated rings. The Morgan fingerprint density at radius 2 is 1.95 bits per heavy atom. The normalized spacial score (nSPS) is 12.6. The number of carbonyl (C=O) groups is 2. The summed E-state index contributed by atoms with van der Waals surface area (Å²) in [6.07, 6.45) is 0. The Labute approximate surface area is 122 Å². The Hall–Kier alpha value is -1.97. The maximum absolute atomic E-state index is 11.7. The minimum atomic E-state index is -4.41. The number of carbonyl (C=O) groups excluding carboxylic acids is 2. The largest absolute Gasteiger partial charge is 0.495 e.